The van der Waals surface area contributed by atoms with E-state index in [0.717, 1.165) is 0 Å². The molecule has 0 fully saturated rings. The van der Waals surface area contributed by atoms with E-state index in [9.17, 15) is 4.79 Å². The molecule has 0 radical (unpaired) electrons. The van der Waals surface area contributed by atoms with Gasteiger partial charge in [0, 0.05) is 18.8 Å². The molecule has 106 valence electrons. The van der Waals surface area contributed by atoms with E-state index in [1.54, 1.807) is 24.3 Å². The van der Waals surface area contributed by atoms with Gasteiger partial charge in [0.1, 0.15) is 11.5 Å². The SMILES string of the molecule is O=C(Nc1ccc(Cl)cn1)c1ncccc1C#CCCO. The molecule has 0 spiro atoms. The van der Waals surface area contributed by atoms with Crippen LogP contribution in [-0.4, -0.2) is 27.6 Å². The van der Waals surface area contributed by atoms with Crippen molar-refractivity contribution in [3.8, 4) is 11.8 Å². The van der Waals surface area contributed by atoms with Crippen LogP contribution in [0.1, 0.15) is 22.5 Å². The van der Waals surface area contributed by atoms with Crippen LogP contribution in [0.4, 0.5) is 5.82 Å². The van der Waals surface area contributed by atoms with Crippen molar-refractivity contribution >= 4 is 23.3 Å². The zero-order chi connectivity index (χ0) is 15.1. The molecule has 2 heterocycles. The van der Waals surface area contributed by atoms with Gasteiger partial charge in [0.25, 0.3) is 5.91 Å². The molecule has 0 aromatic carbocycles. The number of nitrogens with zero attached hydrogens (tertiary/aromatic N) is 2. The van der Waals surface area contributed by atoms with Crippen molar-refractivity contribution in [3.63, 3.8) is 0 Å². The second-order valence-corrected chi connectivity index (χ2v) is 4.43. The number of amides is 1. The Kier molecular flexibility index (Phi) is 5.27. The van der Waals surface area contributed by atoms with E-state index in [1.807, 2.05) is 0 Å². The summed E-state index contributed by atoms with van der Waals surface area (Å²) in [5, 5.41) is 11.8. The van der Waals surface area contributed by atoms with E-state index in [0.29, 0.717) is 22.8 Å². The Morgan fingerprint density at radius 1 is 1.33 bits per heavy atom. The number of hydrogen-bond acceptors (Lipinski definition) is 4. The fraction of sp³-hybridized carbons (Fsp3) is 0.133. The lowest BCUT2D eigenvalue weighted by molar-refractivity contribution is 0.102. The molecule has 2 rings (SSSR count). The van der Waals surface area contributed by atoms with Gasteiger partial charge in [-0.25, -0.2) is 9.97 Å². The van der Waals surface area contributed by atoms with E-state index in [-0.39, 0.29) is 12.3 Å². The third kappa shape index (κ3) is 4.28. The predicted molar refractivity (Wildman–Crippen MR) is 80.0 cm³/mol. The average Bonchev–Trinajstić information content (AvgIpc) is 2.50. The smallest absolute Gasteiger partial charge is 0.276 e. The number of aliphatic hydroxyl groups excluding tert-OH is 1. The molecule has 2 N–H and O–H groups in total. The standard InChI is InChI=1S/C15H12ClN3O2/c16-12-6-7-13(18-10-12)19-15(21)14-11(4-1-2-9-20)5-3-8-17-14/h3,5-8,10,20H,2,9H2,(H,18,19,21). The minimum absolute atomic E-state index is 0.0243. The number of aromatic nitrogens is 2. The summed E-state index contributed by atoms with van der Waals surface area (Å²) in [6.45, 7) is -0.0243. The number of hydrogen-bond donors (Lipinski definition) is 2. The maximum atomic E-state index is 12.2. The van der Waals surface area contributed by atoms with Crippen LogP contribution in [0.15, 0.2) is 36.7 Å². The largest absolute Gasteiger partial charge is 0.395 e. The first-order valence-corrected chi connectivity index (χ1v) is 6.56. The molecule has 0 atom stereocenters. The molecule has 0 aliphatic carbocycles. The minimum Gasteiger partial charge on any atom is -0.395 e. The number of nitrogens with one attached hydrogen (secondary N) is 1. The maximum absolute atomic E-state index is 12.2. The van der Waals surface area contributed by atoms with E-state index < -0.39 is 5.91 Å². The summed E-state index contributed by atoms with van der Waals surface area (Å²) >= 11 is 5.74. The van der Waals surface area contributed by atoms with E-state index in [4.69, 9.17) is 16.7 Å². The number of anilines is 1. The second kappa shape index (κ2) is 7.39. The highest BCUT2D eigenvalue weighted by Gasteiger charge is 2.12. The lowest BCUT2D eigenvalue weighted by Crippen LogP contribution is -2.16. The highest BCUT2D eigenvalue weighted by atomic mass is 35.5. The average molecular weight is 302 g/mol. The van der Waals surface area contributed by atoms with Gasteiger partial charge in [-0.1, -0.05) is 23.4 Å². The predicted octanol–water partition coefficient (Wildman–Crippen LogP) is 2.12. The van der Waals surface area contributed by atoms with E-state index >= 15 is 0 Å². The second-order valence-electron chi connectivity index (χ2n) is 3.99. The van der Waals surface area contributed by atoms with Gasteiger partial charge in [0.15, 0.2) is 0 Å². The van der Waals surface area contributed by atoms with Crippen molar-refractivity contribution in [3.05, 3.63) is 52.9 Å². The number of rotatable bonds is 3. The van der Waals surface area contributed by atoms with Gasteiger partial charge in [-0.2, -0.15) is 0 Å². The summed E-state index contributed by atoms with van der Waals surface area (Å²) in [5.41, 5.74) is 0.706. The molecule has 2 aromatic heterocycles. The van der Waals surface area contributed by atoms with Crippen LogP contribution >= 0.6 is 11.6 Å². The monoisotopic (exact) mass is 301 g/mol. The molecule has 0 aliphatic rings. The van der Waals surface area contributed by atoms with E-state index in [1.165, 1.54) is 12.4 Å². The van der Waals surface area contributed by atoms with Gasteiger partial charge in [0.2, 0.25) is 0 Å². The lowest BCUT2D eigenvalue weighted by atomic mass is 10.2. The van der Waals surface area contributed by atoms with Gasteiger partial charge in [-0.3, -0.25) is 4.79 Å². The first-order chi connectivity index (χ1) is 10.2. The van der Waals surface area contributed by atoms with Crippen molar-refractivity contribution in [2.45, 2.75) is 6.42 Å². The van der Waals surface area contributed by atoms with Gasteiger partial charge in [0.05, 0.1) is 17.2 Å². The number of aliphatic hydroxyl groups is 1. The third-order valence-corrected chi connectivity index (χ3v) is 2.68. The maximum Gasteiger partial charge on any atom is 0.276 e. The number of carbonyl (C=O) groups excluding carboxylic acids is 1. The van der Waals surface area contributed by atoms with Gasteiger partial charge >= 0.3 is 0 Å². The Labute approximate surface area is 127 Å². The molecule has 0 aliphatic heterocycles. The molecule has 0 saturated carbocycles. The summed E-state index contributed by atoms with van der Waals surface area (Å²) in [7, 11) is 0. The molecule has 21 heavy (non-hydrogen) atoms. The molecule has 0 saturated heterocycles. The van der Waals surface area contributed by atoms with Crippen LogP contribution in [0.25, 0.3) is 0 Å². The van der Waals surface area contributed by atoms with E-state index in [2.05, 4.69) is 27.1 Å². The van der Waals surface area contributed by atoms with Gasteiger partial charge in [-0.05, 0) is 24.3 Å². The van der Waals surface area contributed by atoms with Crippen LogP contribution in [0.2, 0.25) is 5.02 Å². The molecule has 0 bridgehead atoms. The van der Waals surface area contributed by atoms with Crippen LogP contribution in [0.5, 0.6) is 0 Å². The van der Waals surface area contributed by atoms with Crippen molar-refractivity contribution < 1.29 is 9.90 Å². The normalized spacial score (nSPS) is 9.62. The lowest BCUT2D eigenvalue weighted by Gasteiger charge is -2.05. The Hall–Kier alpha value is -2.42. The Bertz CT molecular complexity index is 690. The highest BCUT2D eigenvalue weighted by Crippen LogP contribution is 2.11. The third-order valence-electron chi connectivity index (χ3n) is 2.45. The number of carbonyl (C=O) groups is 1. The van der Waals surface area contributed by atoms with Gasteiger partial charge < -0.3 is 10.4 Å². The zero-order valence-corrected chi connectivity index (χ0v) is 11.8. The molecule has 5 nitrogen and oxygen atoms in total. The molecular formula is C15H12ClN3O2. The summed E-state index contributed by atoms with van der Waals surface area (Å²) in [6.07, 6.45) is 3.30. The minimum atomic E-state index is -0.404. The molecule has 6 heteroatoms. The van der Waals surface area contributed by atoms with Crippen molar-refractivity contribution in [1.82, 2.24) is 9.97 Å². The Morgan fingerprint density at radius 2 is 2.19 bits per heavy atom. The Morgan fingerprint density at radius 3 is 2.90 bits per heavy atom. The molecular weight excluding hydrogens is 290 g/mol. The van der Waals surface area contributed by atoms with Crippen molar-refractivity contribution in [2.75, 3.05) is 11.9 Å². The summed E-state index contributed by atoms with van der Waals surface area (Å²) in [6, 6.07) is 6.62. The van der Waals surface area contributed by atoms with Crippen LogP contribution in [0.3, 0.4) is 0 Å². The van der Waals surface area contributed by atoms with Crippen molar-refractivity contribution in [1.29, 1.82) is 0 Å². The van der Waals surface area contributed by atoms with Gasteiger partial charge in [-0.15, -0.1) is 0 Å². The number of pyridine rings is 2. The molecule has 1 amide bonds. The Balaban J connectivity index is 2.19. The van der Waals surface area contributed by atoms with Crippen LogP contribution in [-0.2, 0) is 0 Å². The summed E-state index contributed by atoms with van der Waals surface area (Å²) in [5.74, 6) is 5.56. The topological polar surface area (TPSA) is 75.1 Å². The molecule has 0 unspecified atom stereocenters. The molecule has 2 aromatic rings. The summed E-state index contributed by atoms with van der Waals surface area (Å²) in [4.78, 5) is 20.2. The van der Waals surface area contributed by atoms with Crippen LogP contribution in [0, 0.1) is 11.8 Å². The highest BCUT2D eigenvalue weighted by molar-refractivity contribution is 6.30. The van der Waals surface area contributed by atoms with Crippen LogP contribution < -0.4 is 5.32 Å². The number of halogens is 1. The fourth-order valence-corrected chi connectivity index (χ4v) is 1.64. The zero-order valence-electron chi connectivity index (χ0n) is 11.0. The first kappa shape index (κ1) is 15.0. The van der Waals surface area contributed by atoms with Crippen molar-refractivity contribution in [2.24, 2.45) is 0 Å². The fourth-order valence-electron chi connectivity index (χ4n) is 1.53. The summed E-state index contributed by atoms with van der Waals surface area (Å²) < 4.78 is 0. The quantitative estimate of drug-likeness (QED) is 0.852. The first-order valence-electron chi connectivity index (χ1n) is 6.18.